The number of aliphatic hydroxyl groups is 1. The van der Waals surface area contributed by atoms with Gasteiger partial charge in [0, 0.05) is 25.5 Å². The summed E-state index contributed by atoms with van der Waals surface area (Å²) in [6.07, 6.45) is 7.45. The summed E-state index contributed by atoms with van der Waals surface area (Å²) in [5.74, 6) is 0.774. The third-order valence-corrected chi connectivity index (χ3v) is 4.57. The highest BCUT2D eigenvalue weighted by molar-refractivity contribution is 5.79. The zero-order valence-corrected chi connectivity index (χ0v) is 14.8. The van der Waals surface area contributed by atoms with Gasteiger partial charge in [-0.3, -0.25) is 4.99 Å². The molecule has 0 amide bonds. The number of aromatic nitrogens is 2. The molecule has 6 heteroatoms. The van der Waals surface area contributed by atoms with E-state index in [1.807, 2.05) is 23.9 Å². The molecule has 1 aliphatic rings. The molecular weight excluding hydrogens is 314 g/mol. The Balaban J connectivity index is 1.49. The predicted octanol–water partition coefficient (Wildman–Crippen LogP) is 1.88. The Bertz CT molecular complexity index is 674. The van der Waals surface area contributed by atoms with Gasteiger partial charge in [0.05, 0.1) is 17.8 Å². The van der Waals surface area contributed by atoms with E-state index in [9.17, 15) is 5.11 Å². The van der Waals surface area contributed by atoms with Gasteiger partial charge in [-0.2, -0.15) is 5.10 Å². The molecule has 3 N–H and O–H groups in total. The Labute approximate surface area is 149 Å². The first-order valence-corrected chi connectivity index (χ1v) is 9.02. The smallest absolute Gasteiger partial charge is 0.191 e. The lowest BCUT2D eigenvalue weighted by Gasteiger charge is -2.35. The van der Waals surface area contributed by atoms with Crippen LogP contribution in [0.25, 0.3) is 5.69 Å². The molecule has 1 aromatic carbocycles. The van der Waals surface area contributed by atoms with Gasteiger partial charge in [-0.1, -0.05) is 12.1 Å². The first kappa shape index (κ1) is 17.5. The zero-order chi connectivity index (χ0) is 17.5. The molecule has 1 aliphatic carbocycles. The van der Waals surface area contributed by atoms with Crippen LogP contribution in [0.3, 0.4) is 0 Å². The molecule has 1 aromatic heterocycles. The van der Waals surface area contributed by atoms with Crippen LogP contribution < -0.4 is 10.6 Å². The average Bonchev–Trinajstić information content (AvgIpc) is 3.13. The molecule has 1 saturated carbocycles. The van der Waals surface area contributed by atoms with Gasteiger partial charge < -0.3 is 15.7 Å². The summed E-state index contributed by atoms with van der Waals surface area (Å²) < 4.78 is 1.85. The zero-order valence-electron chi connectivity index (χ0n) is 14.8. The Morgan fingerprint density at radius 1 is 1.28 bits per heavy atom. The van der Waals surface area contributed by atoms with Crippen molar-refractivity contribution in [3.63, 3.8) is 0 Å². The lowest BCUT2D eigenvalue weighted by Crippen LogP contribution is -2.43. The summed E-state index contributed by atoms with van der Waals surface area (Å²) in [4.78, 5) is 4.52. The van der Waals surface area contributed by atoms with Crippen molar-refractivity contribution in [2.75, 3.05) is 19.6 Å². The molecule has 25 heavy (non-hydrogen) atoms. The first-order chi connectivity index (χ1) is 12.2. The van der Waals surface area contributed by atoms with E-state index in [2.05, 4.69) is 45.0 Å². The minimum Gasteiger partial charge on any atom is -0.388 e. The number of hydrogen-bond acceptors (Lipinski definition) is 3. The maximum atomic E-state index is 10.2. The molecular formula is C19H27N5O. The fraction of sp³-hybridized carbons (Fsp3) is 0.474. The predicted molar refractivity (Wildman–Crippen MR) is 100 cm³/mol. The van der Waals surface area contributed by atoms with Crippen molar-refractivity contribution < 1.29 is 5.11 Å². The van der Waals surface area contributed by atoms with E-state index in [0.717, 1.165) is 50.4 Å². The van der Waals surface area contributed by atoms with Crippen molar-refractivity contribution in [1.82, 2.24) is 20.4 Å². The molecule has 0 saturated heterocycles. The highest BCUT2D eigenvalue weighted by atomic mass is 16.3. The van der Waals surface area contributed by atoms with Crippen LogP contribution in [0.1, 0.15) is 31.7 Å². The van der Waals surface area contributed by atoms with Crippen LogP contribution in [0, 0.1) is 0 Å². The van der Waals surface area contributed by atoms with Crippen LogP contribution in [0.15, 0.2) is 47.7 Å². The number of rotatable bonds is 7. The van der Waals surface area contributed by atoms with Crippen molar-refractivity contribution in [1.29, 1.82) is 0 Å². The Morgan fingerprint density at radius 3 is 2.68 bits per heavy atom. The Morgan fingerprint density at radius 2 is 2.08 bits per heavy atom. The molecule has 0 unspecified atom stereocenters. The standard InChI is InChI=1S/C19H27N5O/c1-2-20-18(22-15-19(25)10-3-11-19)21-13-9-16-5-7-17(8-6-16)24-14-4-12-23-24/h4-8,12,14,25H,2-3,9-11,13,15H2,1H3,(H2,20,21,22). The molecule has 134 valence electrons. The fourth-order valence-electron chi connectivity index (χ4n) is 2.87. The molecule has 6 nitrogen and oxygen atoms in total. The highest BCUT2D eigenvalue weighted by Gasteiger charge is 2.34. The van der Waals surface area contributed by atoms with Crippen molar-refractivity contribution in [2.45, 2.75) is 38.2 Å². The van der Waals surface area contributed by atoms with Crippen LogP contribution in [0.4, 0.5) is 0 Å². The second-order valence-electron chi connectivity index (χ2n) is 6.57. The van der Waals surface area contributed by atoms with Gasteiger partial charge in [-0.15, -0.1) is 0 Å². The van der Waals surface area contributed by atoms with Gasteiger partial charge in [-0.25, -0.2) is 4.68 Å². The minimum atomic E-state index is -0.579. The molecule has 0 spiro atoms. The Hall–Kier alpha value is -2.34. The van der Waals surface area contributed by atoms with Crippen molar-refractivity contribution >= 4 is 5.96 Å². The second-order valence-corrected chi connectivity index (χ2v) is 6.57. The molecule has 1 fully saturated rings. The third-order valence-electron chi connectivity index (χ3n) is 4.57. The van der Waals surface area contributed by atoms with Gasteiger partial charge in [0.25, 0.3) is 0 Å². The van der Waals surface area contributed by atoms with Crippen LogP contribution in [-0.4, -0.2) is 46.1 Å². The SMILES string of the molecule is CCNC(=NCC1(O)CCC1)NCCc1ccc(-n2cccn2)cc1. The van der Waals surface area contributed by atoms with Crippen LogP contribution >= 0.6 is 0 Å². The maximum Gasteiger partial charge on any atom is 0.191 e. The van der Waals surface area contributed by atoms with Crippen molar-refractivity contribution in [2.24, 2.45) is 4.99 Å². The normalized spacial score (nSPS) is 16.3. The van der Waals surface area contributed by atoms with E-state index in [1.165, 1.54) is 5.56 Å². The van der Waals surface area contributed by atoms with E-state index in [4.69, 9.17) is 0 Å². The van der Waals surface area contributed by atoms with Crippen LogP contribution in [-0.2, 0) is 6.42 Å². The molecule has 2 aromatic rings. The summed E-state index contributed by atoms with van der Waals surface area (Å²) in [7, 11) is 0. The highest BCUT2D eigenvalue weighted by Crippen LogP contribution is 2.31. The number of guanidine groups is 1. The minimum absolute atomic E-state index is 0.473. The fourth-order valence-corrected chi connectivity index (χ4v) is 2.87. The largest absolute Gasteiger partial charge is 0.388 e. The summed E-state index contributed by atoms with van der Waals surface area (Å²) >= 11 is 0. The van der Waals surface area contributed by atoms with Crippen LogP contribution in [0.5, 0.6) is 0 Å². The van der Waals surface area contributed by atoms with Crippen molar-refractivity contribution in [3.05, 3.63) is 48.3 Å². The lowest BCUT2D eigenvalue weighted by molar-refractivity contribution is -0.0236. The van der Waals surface area contributed by atoms with Crippen LogP contribution in [0.2, 0.25) is 0 Å². The molecule has 0 aliphatic heterocycles. The first-order valence-electron chi connectivity index (χ1n) is 9.02. The quantitative estimate of drug-likeness (QED) is 0.531. The molecule has 0 bridgehead atoms. The summed E-state index contributed by atoms with van der Waals surface area (Å²) in [6, 6.07) is 10.3. The van der Waals surface area contributed by atoms with Gasteiger partial charge in [0.1, 0.15) is 0 Å². The lowest BCUT2D eigenvalue weighted by atomic mass is 9.80. The molecule has 1 heterocycles. The number of nitrogens with zero attached hydrogens (tertiary/aromatic N) is 3. The number of nitrogens with one attached hydrogen (secondary N) is 2. The van der Waals surface area contributed by atoms with E-state index >= 15 is 0 Å². The number of aliphatic imine (C=N–C) groups is 1. The molecule has 0 radical (unpaired) electrons. The number of hydrogen-bond donors (Lipinski definition) is 3. The van der Waals surface area contributed by atoms with E-state index in [-0.39, 0.29) is 0 Å². The van der Waals surface area contributed by atoms with E-state index < -0.39 is 5.60 Å². The van der Waals surface area contributed by atoms with E-state index in [0.29, 0.717) is 6.54 Å². The molecule has 0 atom stereocenters. The Kier molecular flexibility index (Phi) is 5.71. The van der Waals surface area contributed by atoms with Gasteiger partial charge >= 0.3 is 0 Å². The number of benzene rings is 1. The monoisotopic (exact) mass is 341 g/mol. The van der Waals surface area contributed by atoms with Gasteiger partial charge in [-0.05, 0) is 56.4 Å². The van der Waals surface area contributed by atoms with Gasteiger partial charge in [0.15, 0.2) is 5.96 Å². The van der Waals surface area contributed by atoms with Crippen molar-refractivity contribution in [3.8, 4) is 5.69 Å². The third kappa shape index (κ3) is 4.82. The maximum absolute atomic E-state index is 10.2. The topological polar surface area (TPSA) is 74.5 Å². The molecule has 3 rings (SSSR count). The summed E-state index contributed by atoms with van der Waals surface area (Å²) in [5, 5.41) is 21.0. The van der Waals surface area contributed by atoms with Gasteiger partial charge in [0.2, 0.25) is 0 Å². The van der Waals surface area contributed by atoms with E-state index in [1.54, 1.807) is 6.20 Å². The summed E-state index contributed by atoms with van der Waals surface area (Å²) in [5.41, 5.74) is 1.74. The summed E-state index contributed by atoms with van der Waals surface area (Å²) in [6.45, 7) is 4.12. The second kappa shape index (κ2) is 8.16. The average molecular weight is 341 g/mol.